The maximum atomic E-state index is 12.8. The fourth-order valence-corrected chi connectivity index (χ4v) is 5.48. The maximum Gasteiger partial charge on any atom is 0.261 e. The van der Waals surface area contributed by atoms with Crippen LogP contribution in [0.5, 0.6) is 0 Å². The van der Waals surface area contributed by atoms with Crippen LogP contribution in [0.4, 0.5) is 0 Å². The highest BCUT2D eigenvalue weighted by Crippen LogP contribution is 2.38. The first kappa shape index (κ1) is 21.0. The summed E-state index contributed by atoms with van der Waals surface area (Å²) in [4.78, 5) is 20.3. The van der Waals surface area contributed by atoms with Gasteiger partial charge in [0.15, 0.2) is 0 Å². The molecular formula is C25H25N3O3S. The van der Waals surface area contributed by atoms with Gasteiger partial charge in [0.2, 0.25) is 0 Å². The van der Waals surface area contributed by atoms with E-state index in [0.29, 0.717) is 18.0 Å². The van der Waals surface area contributed by atoms with Crippen LogP contribution in [0.15, 0.2) is 60.8 Å². The van der Waals surface area contributed by atoms with Crippen LogP contribution >= 0.6 is 11.3 Å². The molecule has 1 aliphatic rings. The molecule has 1 atom stereocenters. The summed E-state index contributed by atoms with van der Waals surface area (Å²) in [5, 5.41) is 14.1. The van der Waals surface area contributed by atoms with Crippen molar-refractivity contribution in [2.75, 3.05) is 32.8 Å². The number of carbonyl (C=O) groups is 1. The summed E-state index contributed by atoms with van der Waals surface area (Å²) < 4.78 is 7.26. The maximum absolute atomic E-state index is 12.8. The van der Waals surface area contributed by atoms with Gasteiger partial charge in [0.25, 0.3) is 5.91 Å². The lowest BCUT2D eigenvalue weighted by Crippen LogP contribution is -2.38. The summed E-state index contributed by atoms with van der Waals surface area (Å²) >= 11 is 1.48. The van der Waals surface area contributed by atoms with Crippen LogP contribution in [0, 0.1) is 0 Å². The number of aliphatic hydroxyl groups excluding tert-OH is 1. The predicted molar refractivity (Wildman–Crippen MR) is 127 cm³/mol. The van der Waals surface area contributed by atoms with Crippen molar-refractivity contribution in [2.45, 2.75) is 12.6 Å². The fourth-order valence-electron chi connectivity index (χ4n) is 4.31. The number of fused-ring (bicyclic) bond motifs is 2. The fraction of sp³-hybridized carbons (Fsp3) is 0.280. The second-order valence-corrected chi connectivity index (χ2v) is 9.00. The van der Waals surface area contributed by atoms with Crippen molar-refractivity contribution < 1.29 is 14.6 Å². The van der Waals surface area contributed by atoms with Crippen LogP contribution in [0.3, 0.4) is 0 Å². The molecule has 2 aromatic heterocycles. The Labute approximate surface area is 190 Å². The van der Waals surface area contributed by atoms with Gasteiger partial charge in [-0.3, -0.25) is 14.7 Å². The van der Waals surface area contributed by atoms with Crippen LogP contribution in [-0.4, -0.2) is 53.7 Å². The number of ether oxygens (including phenoxy) is 1. The number of pyridine rings is 1. The summed E-state index contributed by atoms with van der Waals surface area (Å²) in [6.07, 6.45) is 1.63. The Morgan fingerprint density at radius 2 is 2.12 bits per heavy atom. The molecule has 1 amide bonds. The molecule has 1 fully saturated rings. The molecule has 0 unspecified atom stereocenters. The van der Waals surface area contributed by atoms with E-state index in [9.17, 15) is 4.79 Å². The zero-order valence-corrected chi connectivity index (χ0v) is 18.5. The van der Waals surface area contributed by atoms with Crippen LogP contribution in [-0.2, 0) is 11.3 Å². The molecule has 0 radical (unpaired) electrons. The molecule has 1 aliphatic heterocycles. The second-order valence-electron chi connectivity index (χ2n) is 7.95. The number of nitrogens with zero attached hydrogens (tertiary/aromatic N) is 2. The van der Waals surface area contributed by atoms with Gasteiger partial charge in [0.05, 0.1) is 29.7 Å². The number of aliphatic hydroxyl groups is 1. The topological polar surface area (TPSA) is 74.7 Å². The molecule has 164 valence electrons. The summed E-state index contributed by atoms with van der Waals surface area (Å²) in [6.45, 7) is 3.14. The molecule has 2 aromatic carbocycles. The van der Waals surface area contributed by atoms with Crippen molar-refractivity contribution in [1.29, 1.82) is 0 Å². The molecule has 6 nitrogen and oxygen atoms in total. The largest absolute Gasteiger partial charge is 0.395 e. The van der Waals surface area contributed by atoms with Crippen molar-refractivity contribution in [1.82, 2.24) is 15.2 Å². The lowest BCUT2D eigenvalue weighted by molar-refractivity contribution is -0.0323. The van der Waals surface area contributed by atoms with Crippen molar-refractivity contribution >= 4 is 38.2 Å². The molecule has 0 spiro atoms. The third-order valence-electron chi connectivity index (χ3n) is 5.78. The Balaban J connectivity index is 1.41. The van der Waals surface area contributed by atoms with Gasteiger partial charge in [-0.25, -0.2) is 0 Å². The number of rotatable bonds is 6. The summed E-state index contributed by atoms with van der Waals surface area (Å²) in [7, 11) is 0. The summed E-state index contributed by atoms with van der Waals surface area (Å²) in [6, 6.07) is 18.5. The predicted octanol–water partition coefficient (Wildman–Crippen LogP) is 3.75. The van der Waals surface area contributed by atoms with Crippen LogP contribution in [0.1, 0.15) is 26.9 Å². The minimum Gasteiger partial charge on any atom is -0.395 e. The number of aromatic nitrogens is 1. The molecule has 0 saturated carbocycles. The van der Waals surface area contributed by atoms with Gasteiger partial charge in [-0.1, -0.05) is 30.3 Å². The van der Waals surface area contributed by atoms with E-state index in [1.807, 2.05) is 30.5 Å². The Bertz CT molecular complexity index is 1260. The van der Waals surface area contributed by atoms with E-state index in [-0.39, 0.29) is 25.2 Å². The molecule has 32 heavy (non-hydrogen) atoms. The van der Waals surface area contributed by atoms with E-state index < -0.39 is 0 Å². The van der Waals surface area contributed by atoms with Gasteiger partial charge in [0, 0.05) is 48.0 Å². The van der Waals surface area contributed by atoms with Crippen LogP contribution in [0.25, 0.3) is 21.0 Å². The highest BCUT2D eigenvalue weighted by molar-refractivity contribution is 7.21. The average Bonchev–Trinajstić information content (AvgIpc) is 3.22. The molecular weight excluding hydrogens is 422 g/mol. The highest BCUT2D eigenvalue weighted by Gasteiger charge is 2.29. The smallest absolute Gasteiger partial charge is 0.261 e. The van der Waals surface area contributed by atoms with Crippen LogP contribution in [0.2, 0.25) is 0 Å². The molecule has 1 saturated heterocycles. The quantitative estimate of drug-likeness (QED) is 0.471. The number of benzene rings is 2. The molecule has 5 rings (SSSR count). The van der Waals surface area contributed by atoms with Crippen molar-refractivity contribution in [3.63, 3.8) is 0 Å². The number of nitrogens with one attached hydrogen (secondary N) is 1. The lowest BCUT2D eigenvalue weighted by Gasteiger charge is -2.33. The summed E-state index contributed by atoms with van der Waals surface area (Å²) in [5.74, 6) is -0.155. The minimum absolute atomic E-state index is 0.0824. The molecule has 3 heterocycles. The highest BCUT2D eigenvalue weighted by atomic mass is 32.1. The number of morpholine rings is 1. The standard InChI is InChI=1S/C25H25N3O3S/c29-12-10-27-25(30)24-23(19-5-1-2-6-22(19)32-24)21-16-28(11-13-31-21)15-17-7-8-20-18(14-17)4-3-9-26-20/h1-9,14,21,29H,10-13,15-16H2,(H,27,30)/t21-/m0/s1. The molecule has 4 aromatic rings. The normalized spacial score (nSPS) is 17.1. The van der Waals surface area contributed by atoms with Gasteiger partial charge in [0.1, 0.15) is 0 Å². The van der Waals surface area contributed by atoms with Crippen molar-refractivity contribution in [2.24, 2.45) is 0 Å². The molecule has 7 heteroatoms. The average molecular weight is 448 g/mol. The minimum atomic E-state index is -0.183. The SMILES string of the molecule is O=C(NCCO)c1sc2ccccc2c1[C@@H]1CN(Cc2ccc3ncccc3c2)CCO1. The first-order chi connectivity index (χ1) is 15.7. The molecule has 0 bridgehead atoms. The van der Waals surface area contributed by atoms with Gasteiger partial charge in [-0.15, -0.1) is 11.3 Å². The zero-order chi connectivity index (χ0) is 21.9. The third kappa shape index (κ3) is 4.25. The Morgan fingerprint density at radius 1 is 1.22 bits per heavy atom. The van der Waals surface area contributed by atoms with E-state index >= 15 is 0 Å². The second kappa shape index (κ2) is 9.34. The van der Waals surface area contributed by atoms with E-state index in [2.05, 4.69) is 45.5 Å². The number of amides is 1. The third-order valence-corrected chi connectivity index (χ3v) is 6.97. The number of hydrogen-bond acceptors (Lipinski definition) is 6. The van der Waals surface area contributed by atoms with Gasteiger partial charge < -0.3 is 15.2 Å². The first-order valence-electron chi connectivity index (χ1n) is 10.8. The molecule has 2 N–H and O–H groups in total. The lowest BCUT2D eigenvalue weighted by atomic mass is 10.0. The van der Waals surface area contributed by atoms with Crippen molar-refractivity contribution in [3.05, 3.63) is 76.8 Å². The van der Waals surface area contributed by atoms with Gasteiger partial charge in [-0.2, -0.15) is 0 Å². The number of thiophene rings is 1. The molecule has 0 aliphatic carbocycles. The van der Waals surface area contributed by atoms with E-state index in [1.165, 1.54) is 16.9 Å². The Morgan fingerprint density at radius 3 is 3.03 bits per heavy atom. The van der Waals surface area contributed by atoms with Gasteiger partial charge >= 0.3 is 0 Å². The Hall–Kier alpha value is -2.84. The van der Waals surface area contributed by atoms with Crippen LogP contribution < -0.4 is 5.32 Å². The van der Waals surface area contributed by atoms with E-state index in [1.54, 1.807) is 0 Å². The Kier molecular flexibility index (Phi) is 6.14. The summed E-state index contributed by atoms with van der Waals surface area (Å²) in [5.41, 5.74) is 3.19. The zero-order valence-electron chi connectivity index (χ0n) is 17.7. The van der Waals surface area contributed by atoms with E-state index in [0.717, 1.165) is 39.6 Å². The number of hydrogen-bond donors (Lipinski definition) is 2. The van der Waals surface area contributed by atoms with Crippen molar-refractivity contribution in [3.8, 4) is 0 Å². The number of carbonyl (C=O) groups excluding carboxylic acids is 1. The first-order valence-corrected chi connectivity index (χ1v) is 11.6. The van der Waals surface area contributed by atoms with E-state index in [4.69, 9.17) is 9.84 Å². The monoisotopic (exact) mass is 447 g/mol. The van der Waals surface area contributed by atoms with Gasteiger partial charge in [-0.05, 0) is 35.2 Å².